The number of aromatic nitrogens is 1. The highest BCUT2D eigenvalue weighted by molar-refractivity contribution is 5.43. The van der Waals surface area contributed by atoms with Crippen LogP contribution in [0.4, 0.5) is 5.82 Å². The molecule has 2 heteroatoms. The Morgan fingerprint density at radius 2 is 2.15 bits per heavy atom. The SMILES string of the molecule is CCc1ccc(N2CCC2)nc1C. The van der Waals surface area contributed by atoms with E-state index in [4.69, 9.17) is 0 Å². The summed E-state index contributed by atoms with van der Waals surface area (Å²) in [7, 11) is 0. The van der Waals surface area contributed by atoms with Gasteiger partial charge in [0.25, 0.3) is 0 Å². The Morgan fingerprint density at radius 1 is 1.38 bits per heavy atom. The molecule has 0 spiro atoms. The van der Waals surface area contributed by atoms with Gasteiger partial charge in [0.1, 0.15) is 5.82 Å². The molecule has 2 nitrogen and oxygen atoms in total. The van der Waals surface area contributed by atoms with Crippen molar-refractivity contribution in [1.82, 2.24) is 4.98 Å². The molecule has 1 fully saturated rings. The molecule has 0 aliphatic carbocycles. The molecule has 1 aromatic rings. The Kier molecular flexibility index (Phi) is 2.21. The van der Waals surface area contributed by atoms with Crippen molar-refractivity contribution in [3.05, 3.63) is 23.4 Å². The van der Waals surface area contributed by atoms with E-state index in [1.807, 2.05) is 0 Å². The molecule has 1 aliphatic heterocycles. The van der Waals surface area contributed by atoms with E-state index in [2.05, 4.69) is 35.9 Å². The van der Waals surface area contributed by atoms with Crippen LogP contribution in [-0.4, -0.2) is 18.1 Å². The fourth-order valence-corrected chi connectivity index (χ4v) is 1.67. The molecule has 0 unspecified atom stereocenters. The fourth-order valence-electron chi connectivity index (χ4n) is 1.67. The second-order valence-corrected chi connectivity index (χ2v) is 3.61. The van der Waals surface area contributed by atoms with Gasteiger partial charge in [0.2, 0.25) is 0 Å². The van der Waals surface area contributed by atoms with Crippen LogP contribution in [0.3, 0.4) is 0 Å². The van der Waals surface area contributed by atoms with E-state index in [9.17, 15) is 0 Å². The third kappa shape index (κ3) is 1.53. The highest BCUT2D eigenvalue weighted by Crippen LogP contribution is 2.19. The van der Waals surface area contributed by atoms with Crippen LogP contribution in [0.1, 0.15) is 24.6 Å². The number of hydrogen-bond acceptors (Lipinski definition) is 2. The molecule has 70 valence electrons. The maximum absolute atomic E-state index is 4.59. The maximum Gasteiger partial charge on any atom is 0.128 e. The largest absolute Gasteiger partial charge is 0.356 e. The van der Waals surface area contributed by atoms with Crippen LogP contribution in [0.25, 0.3) is 0 Å². The lowest BCUT2D eigenvalue weighted by Gasteiger charge is -2.32. The first-order chi connectivity index (χ1) is 6.31. The summed E-state index contributed by atoms with van der Waals surface area (Å²) in [6, 6.07) is 4.35. The summed E-state index contributed by atoms with van der Waals surface area (Å²) in [4.78, 5) is 6.92. The van der Waals surface area contributed by atoms with Crippen LogP contribution in [-0.2, 0) is 6.42 Å². The van der Waals surface area contributed by atoms with Crippen LogP contribution in [0.2, 0.25) is 0 Å². The summed E-state index contributed by atoms with van der Waals surface area (Å²) in [5.41, 5.74) is 2.55. The first kappa shape index (κ1) is 8.54. The van der Waals surface area contributed by atoms with Gasteiger partial charge in [-0.05, 0) is 31.4 Å². The highest BCUT2D eigenvalue weighted by atomic mass is 15.2. The highest BCUT2D eigenvalue weighted by Gasteiger charge is 2.15. The number of rotatable bonds is 2. The Balaban J connectivity index is 2.24. The second-order valence-electron chi connectivity index (χ2n) is 3.61. The van der Waals surface area contributed by atoms with Gasteiger partial charge in [-0.1, -0.05) is 13.0 Å². The second kappa shape index (κ2) is 3.36. The molecule has 1 aliphatic rings. The Hall–Kier alpha value is -1.05. The van der Waals surface area contributed by atoms with Gasteiger partial charge in [0.05, 0.1) is 0 Å². The first-order valence-electron chi connectivity index (χ1n) is 5.02. The zero-order valence-electron chi connectivity index (χ0n) is 8.38. The van der Waals surface area contributed by atoms with Crippen molar-refractivity contribution in [3.8, 4) is 0 Å². The first-order valence-corrected chi connectivity index (χ1v) is 5.02. The molecule has 0 N–H and O–H groups in total. The minimum atomic E-state index is 1.08. The minimum Gasteiger partial charge on any atom is -0.356 e. The average Bonchev–Trinajstić information content (AvgIpc) is 2.01. The third-order valence-corrected chi connectivity index (χ3v) is 2.74. The quantitative estimate of drug-likeness (QED) is 0.686. The Bertz CT molecular complexity index is 303. The van der Waals surface area contributed by atoms with Crippen molar-refractivity contribution >= 4 is 5.82 Å². The molecule has 1 saturated heterocycles. The minimum absolute atomic E-state index is 1.08. The lowest BCUT2D eigenvalue weighted by Crippen LogP contribution is -2.37. The van der Waals surface area contributed by atoms with Crippen LogP contribution in [0, 0.1) is 6.92 Å². The third-order valence-electron chi connectivity index (χ3n) is 2.74. The van der Waals surface area contributed by atoms with Crippen molar-refractivity contribution in [3.63, 3.8) is 0 Å². The van der Waals surface area contributed by atoms with Gasteiger partial charge in [-0.3, -0.25) is 0 Å². The number of aryl methyl sites for hydroxylation is 2. The molecule has 0 atom stereocenters. The molecule has 0 saturated carbocycles. The van der Waals surface area contributed by atoms with E-state index in [-0.39, 0.29) is 0 Å². The standard InChI is InChI=1S/C11H16N2/c1-3-10-5-6-11(12-9(10)2)13-7-4-8-13/h5-6H,3-4,7-8H2,1-2H3. The van der Waals surface area contributed by atoms with Gasteiger partial charge >= 0.3 is 0 Å². The lowest BCUT2D eigenvalue weighted by atomic mass is 10.1. The lowest BCUT2D eigenvalue weighted by molar-refractivity contribution is 0.608. The van der Waals surface area contributed by atoms with Crippen molar-refractivity contribution < 1.29 is 0 Å². The smallest absolute Gasteiger partial charge is 0.128 e. The van der Waals surface area contributed by atoms with E-state index in [0.717, 1.165) is 12.2 Å². The molecular formula is C11H16N2. The molecule has 2 heterocycles. The molecule has 2 rings (SSSR count). The van der Waals surface area contributed by atoms with Gasteiger partial charge < -0.3 is 4.90 Å². The molecular weight excluding hydrogens is 160 g/mol. The van der Waals surface area contributed by atoms with Crippen molar-refractivity contribution in [2.45, 2.75) is 26.7 Å². The summed E-state index contributed by atoms with van der Waals surface area (Å²) in [5, 5.41) is 0. The zero-order valence-corrected chi connectivity index (χ0v) is 8.38. The topological polar surface area (TPSA) is 16.1 Å². The number of hydrogen-bond donors (Lipinski definition) is 0. The molecule has 0 radical (unpaired) electrons. The molecule has 1 aromatic heterocycles. The normalized spacial score (nSPS) is 15.7. The summed E-state index contributed by atoms with van der Waals surface area (Å²) < 4.78 is 0. The number of nitrogens with zero attached hydrogens (tertiary/aromatic N) is 2. The summed E-state index contributed by atoms with van der Waals surface area (Å²) >= 11 is 0. The molecule has 0 bridgehead atoms. The molecule has 0 amide bonds. The molecule has 13 heavy (non-hydrogen) atoms. The van der Waals surface area contributed by atoms with E-state index >= 15 is 0 Å². The summed E-state index contributed by atoms with van der Waals surface area (Å²) in [6.07, 6.45) is 2.40. The van der Waals surface area contributed by atoms with Crippen LogP contribution < -0.4 is 4.90 Å². The summed E-state index contributed by atoms with van der Waals surface area (Å²) in [6.45, 7) is 6.63. The predicted octanol–water partition coefficient (Wildman–Crippen LogP) is 2.16. The van der Waals surface area contributed by atoms with Crippen molar-refractivity contribution in [2.24, 2.45) is 0 Å². The van der Waals surface area contributed by atoms with Crippen LogP contribution in [0.15, 0.2) is 12.1 Å². The monoisotopic (exact) mass is 176 g/mol. The predicted molar refractivity (Wildman–Crippen MR) is 55.2 cm³/mol. The van der Waals surface area contributed by atoms with Crippen LogP contribution in [0.5, 0.6) is 0 Å². The Morgan fingerprint density at radius 3 is 2.62 bits per heavy atom. The molecule has 0 aromatic carbocycles. The maximum atomic E-state index is 4.59. The van der Waals surface area contributed by atoms with E-state index in [0.29, 0.717) is 0 Å². The Labute approximate surface area is 79.6 Å². The van der Waals surface area contributed by atoms with Crippen molar-refractivity contribution in [1.29, 1.82) is 0 Å². The van der Waals surface area contributed by atoms with Gasteiger partial charge in [-0.25, -0.2) is 4.98 Å². The van der Waals surface area contributed by atoms with E-state index < -0.39 is 0 Å². The average molecular weight is 176 g/mol. The van der Waals surface area contributed by atoms with Gasteiger partial charge in [-0.15, -0.1) is 0 Å². The van der Waals surface area contributed by atoms with Gasteiger partial charge in [-0.2, -0.15) is 0 Å². The van der Waals surface area contributed by atoms with E-state index in [1.54, 1.807) is 0 Å². The number of anilines is 1. The fraction of sp³-hybridized carbons (Fsp3) is 0.545. The van der Waals surface area contributed by atoms with E-state index in [1.165, 1.54) is 30.8 Å². The van der Waals surface area contributed by atoms with Crippen LogP contribution >= 0.6 is 0 Å². The van der Waals surface area contributed by atoms with Gasteiger partial charge in [0.15, 0.2) is 0 Å². The van der Waals surface area contributed by atoms with Crippen molar-refractivity contribution in [2.75, 3.05) is 18.0 Å². The summed E-state index contributed by atoms with van der Waals surface area (Å²) in [5.74, 6) is 1.15. The number of pyridine rings is 1. The zero-order chi connectivity index (χ0) is 9.26. The van der Waals surface area contributed by atoms with Gasteiger partial charge in [0, 0.05) is 18.8 Å².